The third-order valence-corrected chi connectivity index (χ3v) is 11.0. The average Bonchev–Trinajstić information content (AvgIpc) is 3.18. The number of hydrogen-bond donors (Lipinski definition) is 1. The summed E-state index contributed by atoms with van der Waals surface area (Å²) in [4.78, 5) is 39.2. The van der Waals surface area contributed by atoms with Crippen LogP contribution in [0.3, 0.4) is 0 Å². The van der Waals surface area contributed by atoms with Crippen LogP contribution in [0.15, 0.2) is 28.9 Å². The van der Waals surface area contributed by atoms with Crippen LogP contribution in [0.4, 0.5) is 5.69 Å². The van der Waals surface area contributed by atoms with Crippen molar-refractivity contribution in [3.8, 4) is 0 Å². The minimum absolute atomic E-state index is 0.0510. The minimum Gasteiger partial charge on any atom is -0.465 e. The number of benzene rings is 1. The van der Waals surface area contributed by atoms with Crippen molar-refractivity contribution < 1.29 is 19.1 Å². The SMILES string of the molecule is COC(=O)c1ccc(NC(=O)C[C@H]2CC[C@H]3C4CC(Cl)=C5N(C)C(=O)CC[C@]5(C)C4CC[C@]23C)c(Cl)c1. The van der Waals surface area contributed by atoms with Gasteiger partial charge >= 0.3 is 5.97 Å². The summed E-state index contributed by atoms with van der Waals surface area (Å²) < 4.78 is 4.74. The first-order chi connectivity index (χ1) is 17.5. The van der Waals surface area contributed by atoms with Crippen LogP contribution >= 0.6 is 23.2 Å². The van der Waals surface area contributed by atoms with Gasteiger partial charge in [0, 0.05) is 36.0 Å². The number of esters is 1. The summed E-state index contributed by atoms with van der Waals surface area (Å²) in [6.45, 7) is 4.70. The van der Waals surface area contributed by atoms with Crippen LogP contribution in [0.5, 0.6) is 0 Å². The van der Waals surface area contributed by atoms with E-state index in [1.165, 1.54) is 13.2 Å². The van der Waals surface area contributed by atoms with E-state index in [1.807, 2.05) is 11.9 Å². The number of carbonyl (C=O) groups excluding carboxylic acids is 3. The van der Waals surface area contributed by atoms with Crippen LogP contribution in [-0.4, -0.2) is 36.8 Å². The van der Waals surface area contributed by atoms with E-state index in [-0.39, 0.29) is 22.6 Å². The molecule has 1 aromatic carbocycles. The molecule has 0 spiro atoms. The maximum absolute atomic E-state index is 13.1. The number of anilines is 1. The van der Waals surface area contributed by atoms with E-state index in [4.69, 9.17) is 27.9 Å². The van der Waals surface area contributed by atoms with E-state index >= 15 is 0 Å². The Morgan fingerprint density at radius 2 is 1.89 bits per heavy atom. The number of piperidine rings is 1. The van der Waals surface area contributed by atoms with Gasteiger partial charge in [0.25, 0.3) is 0 Å². The summed E-state index contributed by atoms with van der Waals surface area (Å²) in [5, 5.41) is 4.13. The molecule has 1 aliphatic heterocycles. The Labute approximate surface area is 229 Å². The van der Waals surface area contributed by atoms with E-state index in [2.05, 4.69) is 19.2 Å². The second-order valence-electron chi connectivity index (χ2n) is 12.0. The molecule has 8 heteroatoms. The average molecular weight is 548 g/mol. The molecule has 200 valence electrons. The van der Waals surface area contributed by atoms with E-state index in [1.54, 1.807) is 12.1 Å². The number of nitrogens with zero attached hydrogens (tertiary/aromatic N) is 1. The molecule has 3 aliphatic carbocycles. The van der Waals surface area contributed by atoms with Crippen LogP contribution in [0, 0.1) is 34.5 Å². The van der Waals surface area contributed by atoms with Crippen LogP contribution < -0.4 is 5.32 Å². The van der Waals surface area contributed by atoms with Gasteiger partial charge in [0.05, 0.1) is 23.4 Å². The highest BCUT2D eigenvalue weighted by molar-refractivity contribution is 6.34. The van der Waals surface area contributed by atoms with Crippen LogP contribution in [0.2, 0.25) is 5.02 Å². The fourth-order valence-corrected chi connectivity index (χ4v) is 9.16. The molecular formula is C29H36Cl2N2O4. The maximum Gasteiger partial charge on any atom is 0.337 e. The monoisotopic (exact) mass is 546 g/mol. The minimum atomic E-state index is -0.467. The Kier molecular flexibility index (Phi) is 6.89. The van der Waals surface area contributed by atoms with E-state index < -0.39 is 5.97 Å². The van der Waals surface area contributed by atoms with E-state index in [0.717, 1.165) is 49.3 Å². The quantitative estimate of drug-likeness (QED) is 0.430. The summed E-state index contributed by atoms with van der Waals surface area (Å²) in [7, 11) is 3.20. The van der Waals surface area contributed by atoms with Crippen molar-refractivity contribution in [1.82, 2.24) is 4.90 Å². The van der Waals surface area contributed by atoms with Crippen molar-refractivity contribution in [2.75, 3.05) is 19.5 Å². The molecule has 2 saturated carbocycles. The van der Waals surface area contributed by atoms with Gasteiger partial charge in [0.1, 0.15) is 0 Å². The largest absolute Gasteiger partial charge is 0.465 e. The second-order valence-corrected chi connectivity index (χ2v) is 12.8. The number of fused-ring (bicyclic) bond motifs is 5. The molecule has 3 fully saturated rings. The highest BCUT2D eigenvalue weighted by Gasteiger charge is 2.60. The molecule has 5 rings (SSSR count). The summed E-state index contributed by atoms with van der Waals surface area (Å²) in [5.41, 5.74) is 1.92. The lowest BCUT2D eigenvalue weighted by molar-refractivity contribution is -0.136. The number of methoxy groups -OCH3 is 1. The highest BCUT2D eigenvalue weighted by Crippen LogP contribution is 2.67. The molecular weight excluding hydrogens is 511 g/mol. The van der Waals surface area contributed by atoms with Crippen LogP contribution in [0.25, 0.3) is 0 Å². The number of halogens is 2. The van der Waals surface area contributed by atoms with Crippen molar-refractivity contribution in [2.24, 2.45) is 34.5 Å². The Hall–Kier alpha value is -2.05. The lowest BCUT2D eigenvalue weighted by atomic mass is 9.49. The van der Waals surface area contributed by atoms with Gasteiger partial charge in [0.2, 0.25) is 11.8 Å². The molecule has 1 N–H and O–H groups in total. The smallest absolute Gasteiger partial charge is 0.337 e. The maximum atomic E-state index is 13.1. The number of likely N-dealkylation sites (tertiary alicyclic amines) is 1. The topological polar surface area (TPSA) is 75.7 Å². The Balaban J connectivity index is 1.31. The predicted octanol–water partition coefficient (Wildman–Crippen LogP) is 6.63. The second kappa shape index (κ2) is 9.60. The summed E-state index contributed by atoms with van der Waals surface area (Å²) in [6.07, 6.45) is 7.04. The molecule has 0 bridgehead atoms. The van der Waals surface area contributed by atoms with Gasteiger partial charge in [-0.05, 0) is 85.8 Å². The number of amides is 2. The Morgan fingerprint density at radius 1 is 1.14 bits per heavy atom. The Bertz CT molecular complexity index is 1180. The van der Waals surface area contributed by atoms with Gasteiger partial charge in [-0.1, -0.05) is 37.0 Å². The predicted molar refractivity (Wildman–Crippen MR) is 144 cm³/mol. The first kappa shape index (κ1) is 26.6. The number of hydrogen-bond acceptors (Lipinski definition) is 4. The summed E-state index contributed by atoms with van der Waals surface area (Å²) in [6, 6.07) is 4.77. The van der Waals surface area contributed by atoms with Crippen LogP contribution in [0.1, 0.15) is 75.6 Å². The van der Waals surface area contributed by atoms with Crippen molar-refractivity contribution >= 4 is 46.7 Å². The van der Waals surface area contributed by atoms with Crippen molar-refractivity contribution in [3.63, 3.8) is 0 Å². The van der Waals surface area contributed by atoms with Crippen molar-refractivity contribution in [2.45, 2.75) is 65.2 Å². The third-order valence-electron chi connectivity index (χ3n) is 10.3. The molecule has 37 heavy (non-hydrogen) atoms. The number of rotatable bonds is 4. The molecule has 6 atom stereocenters. The first-order valence-corrected chi connectivity index (χ1v) is 14.1. The van der Waals surface area contributed by atoms with E-state index in [0.29, 0.717) is 52.8 Å². The fraction of sp³-hybridized carbons (Fsp3) is 0.621. The normalized spacial score (nSPS) is 35.0. The van der Waals surface area contributed by atoms with Gasteiger partial charge in [-0.25, -0.2) is 4.79 Å². The summed E-state index contributed by atoms with van der Waals surface area (Å²) >= 11 is 13.3. The Morgan fingerprint density at radius 3 is 2.59 bits per heavy atom. The van der Waals surface area contributed by atoms with Crippen molar-refractivity contribution in [1.29, 1.82) is 0 Å². The van der Waals surface area contributed by atoms with E-state index in [9.17, 15) is 14.4 Å². The highest BCUT2D eigenvalue weighted by atomic mass is 35.5. The van der Waals surface area contributed by atoms with Gasteiger partial charge < -0.3 is 15.0 Å². The lowest BCUT2D eigenvalue weighted by Crippen LogP contribution is -2.54. The zero-order chi connectivity index (χ0) is 26.7. The molecule has 0 aromatic heterocycles. The molecule has 0 radical (unpaired) electrons. The summed E-state index contributed by atoms with van der Waals surface area (Å²) in [5.74, 6) is 1.45. The van der Waals surface area contributed by atoms with Gasteiger partial charge in [-0.15, -0.1) is 0 Å². The number of carbonyl (C=O) groups is 3. The lowest BCUT2D eigenvalue weighted by Gasteiger charge is -2.59. The molecule has 2 amide bonds. The molecule has 6 nitrogen and oxygen atoms in total. The molecule has 4 aliphatic rings. The molecule has 1 saturated heterocycles. The van der Waals surface area contributed by atoms with Gasteiger partial charge in [-0.2, -0.15) is 0 Å². The molecule has 1 heterocycles. The van der Waals surface area contributed by atoms with Crippen LogP contribution in [-0.2, 0) is 14.3 Å². The fourth-order valence-electron chi connectivity index (χ4n) is 8.41. The molecule has 1 aromatic rings. The standard InChI is InChI=1S/C29H36Cl2N2O4/c1-28-11-9-20-18(15-22(31)26-29(20,2)12-10-25(35)33(26)3)19(28)7-6-17(28)14-24(34)32-23-8-5-16(13-21(23)30)27(36)37-4/h5,8,13,17-20H,6-7,9-12,14-15H2,1-4H3,(H,32,34)/t17-,18?,19+,20?,28-,29-/m1/s1. The third kappa shape index (κ3) is 4.28. The first-order valence-electron chi connectivity index (χ1n) is 13.3. The van der Waals surface area contributed by atoms with Gasteiger partial charge in [-0.3, -0.25) is 9.59 Å². The number of ether oxygens (including phenoxy) is 1. The van der Waals surface area contributed by atoms with Gasteiger partial charge in [0.15, 0.2) is 0 Å². The zero-order valence-corrected chi connectivity index (χ0v) is 23.5. The zero-order valence-electron chi connectivity index (χ0n) is 22.0. The molecule has 2 unspecified atom stereocenters. The number of allylic oxidation sites excluding steroid dienone is 2. The van der Waals surface area contributed by atoms with Crippen molar-refractivity contribution in [3.05, 3.63) is 39.5 Å². The number of nitrogens with one attached hydrogen (secondary N) is 1.